The van der Waals surface area contributed by atoms with Crippen molar-refractivity contribution in [2.75, 3.05) is 20.8 Å². The normalized spacial score (nSPS) is 40.2. The summed E-state index contributed by atoms with van der Waals surface area (Å²) in [5, 5.41) is 14.1. The molecule has 3 unspecified atom stereocenters. The summed E-state index contributed by atoms with van der Waals surface area (Å²) in [6.45, 7) is 6.85. The molecule has 12 nitrogen and oxygen atoms in total. The Labute approximate surface area is 262 Å². The first-order valence-electron chi connectivity index (χ1n) is 15.5. The standard InChI is InChI=1S/C33H43NO11/c1-16-13-17(2)33-21(14-23(40-5)31(38)43-27(16)19(4)42-24(35)15-34-32(39)41-6)11-12-22-25(33)26(36)18(3)28(29(22)45-33)44-30(37)20-9-7-8-10-20/h7-9,11-13,16,18-19,21-23,25-29,36H,10,14-15H2,1-6H3,(H,34,39)/b17-13+/t16-,18-,19-,21-,22?,23+,25?,26?,27+,28-,29-,33+/m1/s1. The highest BCUT2D eigenvalue weighted by atomic mass is 16.6. The average molecular weight is 630 g/mol. The highest BCUT2D eigenvalue weighted by Gasteiger charge is 2.69. The fourth-order valence-electron chi connectivity index (χ4n) is 7.82. The van der Waals surface area contributed by atoms with E-state index >= 15 is 0 Å². The second kappa shape index (κ2) is 13.1. The molecule has 0 aromatic heterocycles. The first-order valence-corrected chi connectivity index (χ1v) is 15.5. The minimum atomic E-state index is -1.02. The molecular weight excluding hydrogens is 586 g/mol. The third kappa shape index (κ3) is 5.95. The Bertz CT molecular complexity index is 1320. The monoisotopic (exact) mass is 629 g/mol. The van der Waals surface area contributed by atoms with Crippen LogP contribution in [0.4, 0.5) is 4.79 Å². The summed E-state index contributed by atoms with van der Waals surface area (Å²) in [6.07, 6.45) is 6.50. The number of rotatable bonds is 7. The Hall–Kier alpha value is -3.48. The van der Waals surface area contributed by atoms with Gasteiger partial charge in [0.25, 0.3) is 0 Å². The molecule has 45 heavy (non-hydrogen) atoms. The third-order valence-electron chi connectivity index (χ3n) is 10.0. The molecule has 1 spiro atoms. The van der Waals surface area contributed by atoms with Crippen LogP contribution in [-0.4, -0.2) is 92.1 Å². The van der Waals surface area contributed by atoms with Crippen molar-refractivity contribution < 1.29 is 52.7 Å². The van der Waals surface area contributed by atoms with Crippen molar-refractivity contribution in [2.24, 2.45) is 29.6 Å². The minimum Gasteiger partial charge on any atom is -0.457 e. The number of amides is 1. The lowest BCUT2D eigenvalue weighted by Gasteiger charge is -2.49. The highest BCUT2D eigenvalue weighted by Crippen LogP contribution is 2.61. The van der Waals surface area contributed by atoms with Crippen LogP contribution in [0.15, 0.2) is 47.6 Å². The molecule has 5 aliphatic rings. The number of esters is 3. The van der Waals surface area contributed by atoms with Crippen LogP contribution in [0.1, 0.15) is 40.5 Å². The lowest BCUT2D eigenvalue weighted by atomic mass is 9.57. The van der Waals surface area contributed by atoms with Crippen LogP contribution in [0.5, 0.6) is 0 Å². The van der Waals surface area contributed by atoms with Crippen molar-refractivity contribution in [3.63, 3.8) is 0 Å². The lowest BCUT2D eigenvalue weighted by molar-refractivity contribution is -0.179. The Morgan fingerprint density at radius 3 is 2.62 bits per heavy atom. The van der Waals surface area contributed by atoms with Gasteiger partial charge in [-0.3, -0.25) is 4.79 Å². The van der Waals surface area contributed by atoms with E-state index in [4.69, 9.17) is 23.7 Å². The first kappa shape index (κ1) is 32.9. The van der Waals surface area contributed by atoms with Gasteiger partial charge in [-0.2, -0.15) is 0 Å². The summed E-state index contributed by atoms with van der Waals surface area (Å²) >= 11 is 0. The van der Waals surface area contributed by atoms with Crippen molar-refractivity contribution >= 4 is 24.0 Å². The number of allylic oxidation sites excluding steroid dienone is 3. The summed E-state index contributed by atoms with van der Waals surface area (Å²) in [4.78, 5) is 50.4. The second-order valence-electron chi connectivity index (χ2n) is 12.6. The fraction of sp³-hybridized carbons (Fsp3) is 0.636. The zero-order chi connectivity index (χ0) is 32.6. The summed E-state index contributed by atoms with van der Waals surface area (Å²) in [5.74, 6) is -3.61. The second-order valence-corrected chi connectivity index (χ2v) is 12.6. The zero-order valence-electron chi connectivity index (χ0n) is 26.5. The molecule has 3 aliphatic carbocycles. The van der Waals surface area contributed by atoms with Gasteiger partial charge in [0.1, 0.15) is 36.6 Å². The molecule has 2 aliphatic heterocycles. The number of alkyl carbamates (subject to hydrolysis) is 1. The lowest BCUT2D eigenvalue weighted by Crippen LogP contribution is -2.57. The van der Waals surface area contributed by atoms with Gasteiger partial charge in [-0.1, -0.05) is 50.3 Å². The van der Waals surface area contributed by atoms with Gasteiger partial charge in [0.05, 0.1) is 13.2 Å². The van der Waals surface area contributed by atoms with E-state index in [-0.39, 0.29) is 24.2 Å². The molecule has 0 aromatic carbocycles. The molecule has 12 atom stereocenters. The van der Waals surface area contributed by atoms with Gasteiger partial charge in [0.15, 0.2) is 6.10 Å². The van der Waals surface area contributed by atoms with Gasteiger partial charge in [-0.25, -0.2) is 14.4 Å². The van der Waals surface area contributed by atoms with Crippen LogP contribution in [0.25, 0.3) is 0 Å². The SMILES string of the molecule is COC(=O)NCC(=O)O[C@H](C)[C@H]1OC(=O)[C@@H](OC)C[C@H]2C=CC3C4C(O)[C@@H](C)[C@@H](OC(=O)C5=CC=CC5)[C@@H]3O[C@]42/C(C)=C/[C@H]1C. The van der Waals surface area contributed by atoms with Gasteiger partial charge >= 0.3 is 24.0 Å². The Balaban J connectivity index is 1.47. The number of ether oxygens (including phenoxy) is 6. The Morgan fingerprint density at radius 1 is 1.20 bits per heavy atom. The topological polar surface area (TPSA) is 156 Å². The molecule has 1 saturated heterocycles. The van der Waals surface area contributed by atoms with Gasteiger partial charge in [0, 0.05) is 42.3 Å². The Morgan fingerprint density at radius 2 is 1.96 bits per heavy atom. The Kier molecular flexibility index (Phi) is 9.57. The summed E-state index contributed by atoms with van der Waals surface area (Å²) in [5.41, 5.74) is 0.356. The predicted octanol–water partition coefficient (Wildman–Crippen LogP) is 2.55. The molecule has 0 aromatic rings. The van der Waals surface area contributed by atoms with Gasteiger partial charge in [-0.15, -0.1) is 0 Å². The van der Waals surface area contributed by atoms with E-state index in [0.717, 1.165) is 5.57 Å². The molecule has 246 valence electrons. The molecule has 2 heterocycles. The van der Waals surface area contributed by atoms with Gasteiger partial charge in [-0.05, 0) is 32.3 Å². The van der Waals surface area contributed by atoms with E-state index in [0.29, 0.717) is 12.0 Å². The number of hydrogen-bond acceptors (Lipinski definition) is 11. The molecule has 0 radical (unpaired) electrons. The molecular formula is C33H43NO11. The number of methoxy groups -OCH3 is 2. The maximum Gasteiger partial charge on any atom is 0.407 e. The summed E-state index contributed by atoms with van der Waals surface area (Å²) in [7, 11) is 2.61. The molecule has 5 rings (SSSR count). The number of carbonyl (C=O) groups excluding carboxylic acids is 4. The molecule has 4 bridgehead atoms. The van der Waals surface area contributed by atoms with Crippen molar-refractivity contribution in [3.8, 4) is 0 Å². The van der Waals surface area contributed by atoms with Crippen molar-refractivity contribution in [3.05, 3.63) is 47.6 Å². The van der Waals surface area contributed by atoms with Gasteiger partial charge in [0.2, 0.25) is 0 Å². The molecule has 12 heteroatoms. The number of hydrogen-bond donors (Lipinski definition) is 2. The van der Waals surface area contributed by atoms with Crippen LogP contribution in [0.3, 0.4) is 0 Å². The maximum atomic E-state index is 13.5. The fourth-order valence-corrected chi connectivity index (χ4v) is 7.82. The van der Waals surface area contributed by atoms with Crippen LogP contribution < -0.4 is 5.32 Å². The predicted molar refractivity (Wildman–Crippen MR) is 158 cm³/mol. The molecule has 1 saturated carbocycles. The van der Waals surface area contributed by atoms with Gasteiger partial charge < -0.3 is 38.8 Å². The molecule has 2 fully saturated rings. The molecule has 1 amide bonds. The number of aliphatic hydroxyl groups excluding tert-OH is 1. The quantitative estimate of drug-likeness (QED) is 0.242. The van der Waals surface area contributed by atoms with E-state index in [1.54, 1.807) is 13.0 Å². The first-order chi connectivity index (χ1) is 21.4. The van der Waals surface area contributed by atoms with Crippen molar-refractivity contribution in [1.82, 2.24) is 5.32 Å². The smallest absolute Gasteiger partial charge is 0.407 e. The largest absolute Gasteiger partial charge is 0.457 e. The van der Waals surface area contributed by atoms with E-state index in [2.05, 4.69) is 10.1 Å². The van der Waals surface area contributed by atoms with E-state index < -0.39 is 84.6 Å². The average Bonchev–Trinajstić information content (AvgIpc) is 3.62. The van der Waals surface area contributed by atoms with Crippen LogP contribution >= 0.6 is 0 Å². The van der Waals surface area contributed by atoms with Crippen LogP contribution in [-0.2, 0) is 42.8 Å². The number of nitrogens with one attached hydrogen (secondary N) is 1. The zero-order valence-corrected chi connectivity index (χ0v) is 26.5. The minimum absolute atomic E-state index is 0.204. The van der Waals surface area contributed by atoms with Crippen LogP contribution in [0, 0.1) is 29.6 Å². The summed E-state index contributed by atoms with van der Waals surface area (Å²) in [6, 6.07) is 0. The third-order valence-corrected chi connectivity index (χ3v) is 10.0. The van der Waals surface area contributed by atoms with Crippen LogP contribution in [0.2, 0.25) is 0 Å². The number of aliphatic hydroxyl groups is 1. The van der Waals surface area contributed by atoms with E-state index in [1.807, 2.05) is 51.2 Å². The number of cyclic esters (lactones) is 1. The summed E-state index contributed by atoms with van der Waals surface area (Å²) < 4.78 is 34.6. The van der Waals surface area contributed by atoms with Crippen molar-refractivity contribution in [1.29, 1.82) is 0 Å². The number of carbonyl (C=O) groups is 4. The molecule has 2 N–H and O–H groups in total. The van der Waals surface area contributed by atoms with E-state index in [1.165, 1.54) is 14.2 Å². The highest BCUT2D eigenvalue weighted by molar-refractivity contribution is 5.90. The maximum absolute atomic E-state index is 13.5. The van der Waals surface area contributed by atoms with Crippen molar-refractivity contribution in [2.45, 2.75) is 82.8 Å². The van der Waals surface area contributed by atoms with E-state index in [9.17, 15) is 24.3 Å².